The molecule has 0 saturated carbocycles. The molecular weight excluding hydrogens is 244 g/mol. The first kappa shape index (κ1) is 17.1. The fraction of sp³-hybridized carbons (Fsp3) is 0.579. The minimum absolute atomic E-state index is 0.0628. The van der Waals surface area contributed by atoms with Gasteiger partial charge >= 0.3 is 0 Å². The number of hydrogen-bond acceptors (Lipinski definition) is 1. The van der Waals surface area contributed by atoms with Gasteiger partial charge in [-0.05, 0) is 53.2 Å². The highest BCUT2D eigenvalue weighted by Gasteiger charge is 2.26. The Morgan fingerprint density at radius 1 is 1.05 bits per heavy atom. The first-order chi connectivity index (χ1) is 8.96. The summed E-state index contributed by atoms with van der Waals surface area (Å²) in [5, 5.41) is 10.7. The van der Waals surface area contributed by atoms with Crippen molar-refractivity contribution in [3.63, 3.8) is 0 Å². The van der Waals surface area contributed by atoms with Gasteiger partial charge in [-0.3, -0.25) is 0 Å². The van der Waals surface area contributed by atoms with Gasteiger partial charge in [0.2, 0.25) is 0 Å². The fourth-order valence-electron chi connectivity index (χ4n) is 2.38. The summed E-state index contributed by atoms with van der Waals surface area (Å²) in [6, 6.07) is 4.29. The average Bonchev–Trinajstić information content (AvgIpc) is 2.28. The van der Waals surface area contributed by atoms with Crippen molar-refractivity contribution >= 4 is 0 Å². The van der Waals surface area contributed by atoms with E-state index in [1.54, 1.807) is 0 Å². The maximum Gasteiger partial charge on any atom is 0.123 e. The highest BCUT2D eigenvalue weighted by Crippen LogP contribution is 2.40. The number of phenolic OH excluding ortho intramolecular Hbond substituents is 1. The summed E-state index contributed by atoms with van der Waals surface area (Å²) in [6.07, 6.45) is 3.04. The molecule has 1 atom stereocenters. The van der Waals surface area contributed by atoms with Crippen LogP contribution in [0.1, 0.15) is 65.2 Å². The van der Waals surface area contributed by atoms with Crippen molar-refractivity contribution in [2.24, 2.45) is 5.92 Å². The Morgan fingerprint density at radius 3 is 1.75 bits per heavy atom. The van der Waals surface area contributed by atoms with E-state index in [2.05, 4.69) is 67.0 Å². The van der Waals surface area contributed by atoms with Crippen LogP contribution in [0.3, 0.4) is 0 Å². The number of aromatic hydroxyl groups is 1. The SMILES string of the molecule is [CH2]C([CH]C)Cc1cc(C(C)(C)C)c(O)c(C(C)(C)C)c1. The van der Waals surface area contributed by atoms with Gasteiger partial charge < -0.3 is 5.11 Å². The molecule has 0 fully saturated rings. The predicted molar refractivity (Wildman–Crippen MR) is 88.0 cm³/mol. The van der Waals surface area contributed by atoms with Gasteiger partial charge in [-0.2, -0.15) is 0 Å². The summed E-state index contributed by atoms with van der Waals surface area (Å²) in [4.78, 5) is 0. The summed E-state index contributed by atoms with van der Waals surface area (Å²) in [6.45, 7) is 19.1. The Labute approximate surface area is 125 Å². The standard InChI is InChI=1S/C19H30O/c1-9-13(2)10-14-11-15(18(3,4)5)17(20)16(12-14)19(6,7)8/h9,11-13,20H,2,10H2,1,3-8H3. The molecule has 0 amide bonds. The van der Waals surface area contributed by atoms with Gasteiger partial charge in [0.05, 0.1) is 0 Å². The molecule has 0 heterocycles. The van der Waals surface area contributed by atoms with E-state index in [1.807, 2.05) is 6.92 Å². The Kier molecular flexibility index (Phi) is 4.94. The monoisotopic (exact) mass is 274 g/mol. The van der Waals surface area contributed by atoms with Gasteiger partial charge in [0.25, 0.3) is 0 Å². The quantitative estimate of drug-likeness (QED) is 0.802. The van der Waals surface area contributed by atoms with Crippen LogP contribution in [0.5, 0.6) is 5.75 Å². The molecule has 1 rings (SSSR count). The average molecular weight is 274 g/mol. The third kappa shape index (κ3) is 4.01. The number of phenols is 1. The topological polar surface area (TPSA) is 20.2 Å². The van der Waals surface area contributed by atoms with Crippen molar-refractivity contribution in [1.82, 2.24) is 0 Å². The summed E-state index contributed by atoms with van der Waals surface area (Å²) in [5.41, 5.74) is 3.20. The predicted octanol–water partition coefficient (Wildman–Crippen LogP) is 5.20. The lowest BCUT2D eigenvalue weighted by atomic mass is 9.77. The van der Waals surface area contributed by atoms with Gasteiger partial charge in [-0.15, -0.1) is 0 Å². The van der Waals surface area contributed by atoms with E-state index in [0.717, 1.165) is 17.5 Å². The molecule has 2 radical (unpaired) electrons. The molecule has 1 N–H and O–H groups in total. The molecule has 1 aromatic carbocycles. The largest absolute Gasteiger partial charge is 0.507 e. The zero-order valence-corrected chi connectivity index (χ0v) is 14.2. The van der Waals surface area contributed by atoms with Gasteiger partial charge in [0.1, 0.15) is 5.75 Å². The second-order valence-corrected chi connectivity index (χ2v) is 7.84. The highest BCUT2D eigenvalue weighted by molar-refractivity contribution is 5.50. The number of hydrogen-bond donors (Lipinski definition) is 1. The first-order valence-corrected chi connectivity index (χ1v) is 7.46. The Balaban J connectivity index is 3.42. The molecule has 0 bridgehead atoms. The van der Waals surface area contributed by atoms with Crippen LogP contribution in [0.4, 0.5) is 0 Å². The van der Waals surface area contributed by atoms with Gasteiger partial charge in [0.15, 0.2) is 0 Å². The zero-order chi connectivity index (χ0) is 15.7. The van der Waals surface area contributed by atoms with Crippen molar-refractivity contribution in [3.8, 4) is 5.75 Å². The van der Waals surface area contributed by atoms with Crippen LogP contribution in [0.15, 0.2) is 12.1 Å². The fourth-order valence-corrected chi connectivity index (χ4v) is 2.38. The van der Waals surface area contributed by atoms with Crippen molar-refractivity contribution < 1.29 is 5.11 Å². The molecule has 1 aromatic rings. The molecule has 0 spiro atoms. The second-order valence-electron chi connectivity index (χ2n) is 7.84. The highest BCUT2D eigenvalue weighted by atomic mass is 16.3. The second kappa shape index (κ2) is 5.79. The molecule has 1 heteroatoms. The van der Waals surface area contributed by atoms with Crippen LogP contribution in [-0.4, -0.2) is 5.11 Å². The van der Waals surface area contributed by atoms with E-state index >= 15 is 0 Å². The zero-order valence-electron chi connectivity index (χ0n) is 14.2. The summed E-state index contributed by atoms with van der Waals surface area (Å²) in [7, 11) is 0. The van der Waals surface area contributed by atoms with Crippen LogP contribution >= 0.6 is 0 Å². The lowest BCUT2D eigenvalue weighted by Crippen LogP contribution is -2.18. The molecule has 20 heavy (non-hydrogen) atoms. The third-order valence-electron chi connectivity index (χ3n) is 3.76. The molecule has 0 aliphatic carbocycles. The molecule has 1 unspecified atom stereocenters. The molecule has 0 saturated heterocycles. The van der Waals surface area contributed by atoms with Crippen LogP contribution in [0.25, 0.3) is 0 Å². The maximum atomic E-state index is 10.7. The van der Waals surface area contributed by atoms with Gasteiger partial charge in [-0.1, -0.05) is 60.6 Å². The van der Waals surface area contributed by atoms with Crippen molar-refractivity contribution in [3.05, 3.63) is 42.2 Å². The molecule has 0 aliphatic heterocycles. The molecule has 0 aromatic heterocycles. The van der Waals surface area contributed by atoms with E-state index in [0.29, 0.717) is 11.7 Å². The Hall–Kier alpha value is -0.980. The maximum absolute atomic E-state index is 10.7. The third-order valence-corrected chi connectivity index (χ3v) is 3.76. The molecule has 0 aliphatic rings. The Bertz CT molecular complexity index is 423. The molecule has 112 valence electrons. The van der Waals surface area contributed by atoms with Gasteiger partial charge in [-0.25, -0.2) is 0 Å². The van der Waals surface area contributed by atoms with Crippen LogP contribution in [0, 0.1) is 19.3 Å². The van der Waals surface area contributed by atoms with E-state index in [4.69, 9.17) is 0 Å². The smallest absolute Gasteiger partial charge is 0.123 e. The lowest BCUT2D eigenvalue weighted by Gasteiger charge is -2.28. The number of rotatable bonds is 3. The minimum atomic E-state index is -0.0628. The Morgan fingerprint density at radius 2 is 1.45 bits per heavy atom. The lowest BCUT2D eigenvalue weighted by molar-refractivity contribution is 0.422. The van der Waals surface area contributed by atoms with E-state index in [9.17, 15) is 5.11 Å². The van der Waals surface area contributed by atoms with Crippen molar-refractivity contribution in [1.29, 1.82) is 0 Å². The van der Waals surface area contributed by atoms with Crippen molar-refractivity contribution in [2.45, 2.75) is 65.7 Å². The van der Waals surface area contributed by atoms with E-state index < -0.39 is 0 Å². The van der Waals surface area contributed by atoms with Gasteiger partial charge in [0, 0.05) is 0 Å². The van der Waals surface area contributed by atoms with Crippen LogP contribution < -0.4 is 0 Å². The van der Waals surface area contributed by atoms with Crippen molar-refractivity contribution in [2.75, 3.05) is 0 Å². The summed E-state index contributed by atoms with van der Waals surface area (Å²) in [5.74, 6) is 0.759. The number of benzene rings is 1. The van der Waals surface area contributed by atoms with E-state index in [1.165, 1.54) is 5.56 Å². The summed E-state index contributed by atoms with van der Waals surface area (Å²) < 4.78 is 0. The normalized spacial score (nSPS) is 14.4. The summed E-state index contributed by atoms with van der Waals surface area (Å²) >= 11 is 0. The van der Waals surface area contributed by atoms with E-state index in [-0.39, 0.29) is 10.8 Å². The first-order valence-electron chi connectivity index (χ1n) is 7.46. The minimum Gasteiger partial charge on any atom is -0.507 e. The van der Waals surface area contributed by atoms with Crippen LogP contribution in [0.2, 0.25) is 0 Å². The van der Waals surface area contributed by atoms with Crippen LogP contribution in [-0.2, 0) is 17.3 Å². The molecular formula is C19H30O. The molecule has 1 nitrogen and oxygen atoms in total.